The van der Waals surface area contributed by atoms with Gasteiger partial charge in [0.15, 0.2) is 5.75 Å². The van der Waals surface area contributed by atoms with Crippen LogP contribution in [0.2, 0.25) is 0 Å². The topological polar surface area (TPSA) is 62.1 Å². The van der Waals surface area contributed by atoms with Crippen LogP contribution in [0.25, 0.3) is 12.2 Å². The number of hydrogen-bond donors (Lipinski definition) is 1. The minimum atomic E-state index is -0.796. The van der Waals surface area contributed by atoms with E-state index in [-0.39, 0.29) is 6.54 Å². The van der Waals surface area contributed by atoms with Crippen LogP contribution in [0, 0.1) is 0 Å². The van der Waals surface area contributed by atoms with Crippen molar-refractivity contribution in [2.24, 2.45) is 5.16 Å². The predicted octanol–water partition coefficient (Wildman–Crippen LogP) is 4.19. The highest BCUT2D eigenvalue weighted by molar-refractivity contribution is 7.97. The molecule has 5 nitrogen and oxygen atoms in total. The van der Waals surface area contributed by atoms with Gasteiger partial charge in [0, 0.05) is 17.0 Å². The third-order valence-corrected chi connectivity index (χ3v) is 4.66. The van der Waals surface area contributed by atoms with Crippen molar-refractivity contribution < 1.29 is 14.7 Å². The highest BCUT2D eigenvalue weighted by Crippen LogP contribution is 2.29. The molecule has 0 atom stereocenters. The van der Waals surface area contributed by atoms with Crippen LogP contribution in [0.4, 0.5) is 0 Å². The SMILES string of the molecule is C1=Cc2ccccc2ON=C1.O=C(O)CN1CC=Cc2ccccc2S1. The predicted molar refractivity (Wildman–Crippen MR) is 105 cm³/mol. The van der Waals surface area contributed by atoms with E-state index < -0.39 is 5.97 Å². The molecule has 0 bridgehead atoms. The van der Waals surface area contributed by atoms with Crippen molar-refractivity contribution in [1.29, 1.82) is 0 Å². The van der Waals surface area contributed by atoms with Crippen molar-refractivity contribution in [2.45, 2.75) is 4.90 Å². The van der Waals surface area contributed by atoms with Crippen LogP contribution in [-0.2, 0) is 4.79 Å². The number of hydrogen-bond acceptors (Lipinski definition) is 5. The lowest BCUT2D eigenvalue weighted by Crippen LogP contribution is -2.23. The number of nitrogens with zero attached hydrogens (tertiary/aromatic N) is 2. The fourth-order valence-corrected chi connectivity index (χ4v) is 3.39. The van der Waals surface area contributed by atoms with Crippen LogP contribution in [0.3, 0.4) is 0 Å². The van der Waals surface area contributed by atoms with Crippen molar-refractivity contribution in [3.05, 3.63) is 71.8 Å². The van der Waals surface area contributed by atoms with Crippen molar-refractivity contribution in [3.8, 4) is 5.75 Å². The summed E-state index contributed by atoms with van der Waals surface area (Å²) in [6.45, 7) is 0.717. The van der Waals surface area contributed by atoms with E-state index in [2.05, 4.69) is 5.16 Å². The summed E-state index contributed by atoms with van der Waals surface area (Å²) in [6, 6.07) is 15.8. The van der Waals surface area contributed by atoms with Gasteiger partial charge < -0.3 is 9.94 Å². The quantitative estimate of drug-likeness (QED) is 0.808. The molecule has 2 aromatic rings. The molecular weight excluding hydrogens is 348 g/mol. The second-order valence-corrected chi connectivity index (χ2v) is 6.63. The number of aliphatic carboxylic acids is 1. The lowest BCUT2D eigenvalue weighted by Gasteiger charge is -2.15. The molecule has 0 amide bonds. The fraction of sp³-hybridized carbons (Fsp3) is 0.100. The Kier molecular flexibility index (Phi) is 6.24. The highest BCUT2D eigenvalue weighted by Gasteiger charge is 2.13. The van der Waals surface area contributed by atoms with Crippen LogP contribution < -0.4 is 4.84 Å². The van der Waals surface area contributed by atoms with Crippen LogP contribution in [0.5, 0.6) is 5.75 Å². The van der Waals surface area contributed by atoms with Gasteiger partial charge in [-0.05, 0) is 41.8 Å². The van der Waals surface area contributed by atoms with Crippen molar-refractivity contribution in [3.63, 3.8) is 0 Å². The zero-order valence-corrected chi connectivity index (χ0v) is 14.8. The van der Waals surface area contributed by atoms with E-state index in [1.54, 1.807) is 6.21 Å². The first kappa shape index (κ1) is 18.0. The Morgan fingerprint density at radius 1 is 1.12 bits per heavy atom. The van der Waals surface area contributed by atoms with E-state index >= 15 is 0 Å². The van der Waals surface area contributed by atoms with Gasteiger partial charge in [-0.3, -0.25) is 4.79 Å². The number of rotatable bonds is 2. The Hall–Kier alpha value is -2.83. The molecule has 0 fully saturated rings. The van der Waals surface area contributed by atoms with E-state index in [0.717, 1.165) is 21.8 Å². The second-order valence-electron chi connectivity index (χ2n) is 5.49. The van der Waals surface area contributed by atoms with E-state index in [1.807, 2.05) is 77.1 Å². The lowest BCUT2D eigenvalue weighted by atomic mass is 10.2. The Morgan fingerprint density at radius 2 is 1.88 bits per heavy atom. The molecule has 0 saturated carbocycles. The highest BCUT2D eigenvalue weighted by atomic mass is 32.2. The van der Waals surface area contributed by atoms with E-state index in [0.29, 0.717) is 6.54 Å². The molecule has 0 unspecified atom stereocenters. The minimum absolute atomic E-state index is 0.0589. The van der Waals surface area contributed by atoms with Gasteiger partial charge in [0.25, 0.3) is 0 Å². The van der Waals surface area contributed by atoms with Crippen LogP contribution >= 0.6 is 11.9 Å². The van der Waals surface area contributed by atoms with Gasteiger partial charge in [-0.1, -0.05) is 53.7 Å². The number of para-hydroxylation sites is 1. The van der Waals surface area contributed by atoms with Gasteiger partial charge in [-0.2, -0.15) is 0 Å². The molecule has 4 rings (SSSR count). The molecule has 0 aliphatic carbocycles. The maximum atomic E-state index is 10.6. The summed E-state index contributed by atoms with van der Waals surface area (Å²) in [7, 11) is 0. The number of carboxylic acid groups (broad SMARTS) is 1. The van der Waals surface area contributed by atoms with Gasteiger partial charge >= 0.3 is 5.97 Å². The summed E-state index contributed by atoms with van der Waals surface area (Å²) < 4.78 is 1.82. The molecule has 0 aromatic heterocycles. The molecular formula is C20H18N2O3S. The molecule has 2 heterocycles. The van der Waals surface area contributed by atoms with Crippen molar-refractivity contribution >= 4 is 36.3 Å². The van der Waals surface area contributed by atoms with Crippen LogP contribution in [-0.4, -0.2) is 34.7 Å². The molecule has 0 saturated heterocycles. The summed E-state index contributed by atoms with van der Waals surface area (Å²) in [5.74, 6) is 0.00720. The number of oxime groups is 1. The summed E-state index contributed by atoms with van der Waals surface area (Å²) in [4.78, 5) is 16.8. The van der Waals surface area contributed by atoms with E-state index in [4.69, 9.17) is 9.94 Å². The normalized spacial score (nSPS) is 14.8. The third kappa shape index (κ3) is 5.08. The Morgan fingerprint density at radius 3 is 2.73 bits per heavy atom. The third-order valence-electron chi connectivity index (χ3n) is 3.56. The number of carboxylic acids is 1. The van der Waals surface area contributed by atoms with Gasteiger partial charge in [-0.15, -0.1) is 0 Å². The molecule has 1 N–H and O–H groups in total. The maximum Gasteiger partial charge on any atom is 0.318 e. The standard InChI is InChI=1S/C11H11NO2S.C9H7NO/c13-11(14)8-12-7-3-5-9-4-1-2-6-10(9)15-12;1-2-6-9-8(4-1)5-3-7-10-11-9/h1-6H,7-8H2,(H,13,14);1-7H. The van der Waals surface area contributed by atoms with Gasteiger partial charge in [0.2, 0.25) is 0 Å². The molecule has 6 heteroatoms. The Labute approximate surface area is 156 Å². The van der Waals surface area contributed by atoms with E-state index in [9.17, 15) is 4.79 Å². The molecule has 2 aliphatic rings. The first-order valence-electron chi connectivity index (χ1n) is 8.09. The zero-order valence-electron chi connectivity index (χ0n) is 14.0. The van der Waals surface area contributed by atoms with E-state index in [1.165, 1.54) is 11.9 Å². The maximum absolute atomic E-state index is 10.6. The Balaban J connectivity index is 0.000000158. The molecule has 0 radical (unpaired) electrons. The second kappa shape index (κ2) is 9.03. The van der Waals surface area contributed by atoms with Crippen LogP contribution in [0.15, 0.2) is 70.7 Å². The first-order valence-corrected chi connectivity index (χ1v) is 8.86. The Bertz CT molecular complexity index is 862. The largest absolute Gasteiger partial charge is 0.480 e. The number of allylic oxidation sites excluding steroid dienone is 1. The first-order chi connectivity index (χ1) is 12.7. The molecule has 0 spiro atoms. The lowest BCUT2D eigenvalue weighted by molar-refractivity contribution is -0.137. The summed E-state index contributed by atoms with van der Waals surface area (Å²) in [5, 5.41) is 12.4. The van der Waals surface area contributed by atoms with Gasteiger partial charge in [0.05, 0.1) is 6.21 Å². The fourth-order valence-electron chi connectivity index (χ4n) is 2.39. The molecule has 132 valence electrons. The number of benzene rings is 2. The smallest absolute Gasteiger partial charge is 0.318 e. The van der Waals surface area contributed by atoms with Crippen molar-refractivity contribution in [1.82, 2.24) is 4.31 Å². The molecule has 26 heavy (non-hydrogen) atoms. The summed E-state index contributed by atoms with van der Waals surface area (Å²) in [6.07, 6.45) is 9.46. The molecule has 2 aliphatic heterocycles. The minimum Gasteiger partial charge on any atom is -0.480 e. The number of fused-ring (bicyclic) bond motifs is 2. The summed E-state index contributed by atoms with van der Waals surface area (Å²) in [5.41, 5.74) is 2.21. The van der Waals surface area contributed by atoms with Crippen molar-refractivity contribution in [2.75, 3.05) is 13.1 Å². The zero-order chi connectivity index (χ0) is 18.2. The van der Waals surface area contributed by atoms with Gasteiger partial charge in [-0.25, -0.2) is 4.31 Å². The van der Waals surface area contributed by atoms with Gasteiger partial charge in [0.1, 0.15) is 6.54 Å². The average molecular weight is 366 g/mol. The van der Waals surface area contributed by atoms with Crippen LogP contribution in [0.1, 0.15) is 11.1 Å². The number of carbonyl (C=O) groups is 1. The monoisotopic (exact) mass is 366 g/mol. The summed E-state index contributed by atoms with van der Waals surface area (Å²) >= 11 is 1.50. The average Bonchev–Trinajstić information content (AvgIpc) is 2.99. The molecule has 2 aromatic carbocycles.